The molecule has 28 heavy (non-hydrogen) atoms. The summed E-state index contributed by atoms with van der Waals surface area (Å²) in [6.07, 6.45) is 0.406. The lowest BCUT2D eigenvalue weighted by atomic mass is 9.99. The van der Waals surface area contributed by atoms with Crippen LogP contribution < -0.4 is 0 Å². The standard InChI is InChI=1S/C18H28F2N2O6/c1-6-8-26-14(23)17(25,7-2)10-22-13-12(9-27-22)21(11-18(13,19)20)15(24)28-16(3,4)5/h6,12-13,25H,1,7-11H2,2-5H3. The highest BCUT2D eigenvalue weighted by Crippen LogP contribution is 2.41. The molecule has 2 saturated heterocycles. The Kier molecular flexibility index (Phi) is 6.37. The summed E-state index contributed by atoms with van der Waals surface area (Å²) in [6, 6.07) is -2.47. The fourth-order valence-electron chi connectivity index (χ4n) is 3.24. The lowest BCUT2D eigenvalue weighted by Crippen LogP contribution is -2.54. The minimum atomic E-state index is -3.31. The molecule has 8 nitrogen and oxygen atoms in total. The fraction of sp³-hybridized carbons (Fsp3) is 0.778. The first-order valence-corrected chi connectivity index (χ1v) is 9.12. The number of carbonyl (C=O) groups is 2. The Labute approximate surface area is 163 Å². The van der Waals surface area contributed by atoms with E-state index < -0.39 is 54.4 Å². The normalized spacial score (nSPS) is 26.5. The van der Waals surface area contributed by atoms with Crippen molar-refractivity contribution in [2.45, 2.75) is 63.3 Å². The van der Waals surface area contributed by atoms with Gasteiger partial charge in [-0.3, -0.25) is 9.74 Å². The minimum absolute atomic E-state index is 0.0679. The van der Waals surface area contributed by atoms with Crippen LogP contribution in [0.25, 0.3) is 0 Å². The predicted octanol–water partition coefficient (Wildman–Crippen LogP) is 1.73. The molecule has 2 aliphatic heterocycles. The molecule has 0 aromatic rings. The van der Waals surface area contributed by atoms with Crippen molar-refractivity contribution in [3.8, 4) is 0 Å². The van der Waals surface area contributed by atoms with Crippen LogP contribution in [0.3, 0.4) is 0 Å². The molecule has 2 fully saturated rings. The summed E-state index contributed by atoms with van der Waals surface area (Å²) < 4.78 is 39.5. The maximum Gasteiger partial charge on any atom is 0.410 e. The number of amides is 1. The molecule has 1 amide bonds. The summed E-state index contributed by atoms with van der Waals surface area (Å²) >= 11 is 0. The van der Waals surface area contributed by atoms with Crippen molar-refractivity contribution >= 4 is 12.1 Å². The molecule has 2 aliphatic rings. The van der Waals surface area contributed by atoms with Crippen molar-refractivity contribution < 1.29 is 37.8 Å². The Morgan fingerprint density at radius 1 is 1.39 bits per heavy atom. The molecule has 0 aromatic heterocycles. The first-order chi connectivity index (χ1) is 12.8. The van der Waals surface area contributed by atoms with Crippen LogP contribution in [0.5, 0.6) is 0 Å². The number of hydroxylamine groups is 2. The maximum absolute atomic E-state index is 14.7. The molecule has 10 heteroatoms. The number of carbonyl (C=O) groups excluding carboxylic acids is 2. The first kappa shape index (κ1) is 22.5. The monoisotopic (exact) mass is 406 g/mol. The van der Waals surface area contributed by atoms with Gasteiger partial charge in [-0.25, -0.2) is 18.4 Å². The van der Waals surface area contributed by atoms with E-state index in [0.29, 0.717) is 0 Å². The third-order valence-corrected chi connectivity index (χ3v) is 4.64. The average molecular weight is 406 g/mol. The number of likely N-dealkylation sites (tertiary alicyclic amines) is 1. The second-order valence-corrected chi connectivity index (χ2v) is 8.02. The summed E-state index contributed by atoms with van der Waals surface area (Å²) in [5, 5.41) is 11.5. The summed E-state index contributed by atoms with van der Waals surface area (Å²) in [5.74, 6) is -4.26. The van der Waals surface area contributed by atoms with Crippen LogP contribution in [-0.4, -0.2) is 82.6 Å². The van der Waals surface area contributed by atoms with Gasteiger partial charge in [-0.2, -0.15) is 5.06 Å². The molecule has 0 radical (unpaired) electrons. The van der Waals surface area contributed by atoms with Crippen LogP contribution in [0, 0.1) is 0 Å². The van der Waals surface area contributed by atoms with Gasteiger partial charge in [-0.1, -0.05) is 19.6 Å². The molecule has 2 rings (SSSR count). The molecule has 0 spiro atoms. The first-order valence-electron chi connectivity index (χ1n) is 9.12. The summed E-state index contributed by atoms with van der Waals surface area (Å²) in [4.78, 5) is 30.8. The number of hydrogen-bond donors (Lipinski definition) is 1. The molecular weight excluding hydrogens is 378 g/mol. The number of hydrogen-bond acceptors (Lipinski definition) is 7. The molecule has 2 heterocycles. The van der Waals surface area contributed by atoms with E-state index in [2.05, 4.69) is 6.58 Å². The lowest BCUT2D eigenvalue weighted by Gasteiger charge is -2.32. The van der Waals surface area contributed by atoms with Gasteiger partial charge in [0, 0.05) is 0 Å². The Morgan fingerprint density at radius 2 is 2.04 bits per heavy atom. The van der Waals surface area contributed by atoms with Gasteiger partial charge in [0.2, 0.25) is 0 Å². The van der Waals surface area contributed by atoms with Gasteiger partial charge in [0.25, 0.3) is 5.92 Å². The molecule has 3 atom stereocenters. The van der Waals surface area contributed by atoms with Crippen molar-refractivity contribution in [2.75, 3.05) is 26.3 Å². The Hall–Kier alpha value is -1.78. The van der Waals surface area contributed by atoms with E-state index in [1.807, 2.05) is 0 Å². The van der Waals surface area contributed by atoms with E-state index >= 15 is 0 Å². The molecule has 1 N–H and O–H groups in total. The highest BCUT2D eigenvalue weighted by molar-refractivity contribution is 5.79. The third-order valence-electron chi connectivity index (χ3n) is 4.64. The molecule has 0 saturated carbocycles. The third kappa shape index (κ3) is 4.61. The van der Waals surface area contributed by atoms with Crippen molar-refractivity contribution in [3.63, 3.8) is 0 Å². The van der Waals surface area contributed by atoms with Crippen molar-refractivity contribution in [3.05, 3.63) is 12.7 Å². The molecule has 3 unspecified atom stereocenters. The number of alkyl halides is 2. The number of rotatable bonds is 6. The van der Waals surface area contributed by atoms with Crippen molar-refractivity contribution in [1.82, 2.24) is 9.96 Å². The number of ether oxygens (including phenoxy) is 2. The van der Waals surface area contributed by atoms with Crippen LogP contribution in [0.15, 0.2) is 12.7 Å². The Bertz CT molecular complexity index is 624. The topological polar surface area (TPSA) is 88.5 Å². The quantitative estimate of drug-likeness (QED) is 0.531. The number of fused-ring (bicyclic) bond motifs is 1. The van der Waals surface area contributed by atoms with Crippen LogP contribution in [0.4, 0.5) is 13.6 Å². The molecule has 160 valence electrons. The van der Waals surface area contributed by atoms with Gasteiger partial charge in [0.1, 0.15) is 18.2 Å². The van der Waals surface area contributed by atoms with Gasteiger partial charge >= 0.3 is 12.1 Å². The van der Waals surface area contributed by atoms with Crippen LogP contribution in [-0.2, 0) is 19.1 Å². The van der Waals surface area contributed by atoms with Crippen LogP contribution >= 0.6 is 0 Å². The number of β-amino-alcohol motifs (C(OH)–C–C–N with tert-alkyl or cyclic N) is 1. The Morgan fingerprint density at radius 3 is 2.57 bits per heavy atom. The van der Waals surface area contributed by atoms with Crippen LogP contribution in [0.1, 0.15) is 34.1 Å². The molecule has 0 aliphatic carbocycles. The summed E-state index contributed by atoms with van der Waals surface area (Å²) in [5.41, 5.74) is -2.87. The summed E-state index contributed by atoms with van der Waals surface area (Å²) in [7, 11) is 0. The summed E-state index contributed by atoms with van der Waals surface area (Å²) in [6.45, 7) is 8.22. The number of esters is 1. The maximum atomic E-state index is 14.7. The van der Waals surface area contributed by atoms with Crippen molar-refractivity contribution in [1.29, 1.82) is 0 Å². The Balaban J connectivity index is 2.17. The number of nitrogens with zero attached hydrogens (tertiary/aromatic N) is 2. The van der Waals surface area contributed by atoms with E-state index in [0.717, 1.165) is 9.96 Å². The van der Waals surface area contributed by atoms with Gasteiger partial charge in [0.15, 0.2) is 5.60 Å². The fourth-order valence-corrected chi connectivity index (χ4v) is 3.24. The van der Waals surface area contributed by atoms with E-state index in [-0.39, 0.29) is 19.6 Å². The number of aliphatic hydroxyl groups is 1. The predicted molar refractivity (Wildman–Crippen MR) is 94.5 cm³/mol. The van der Waals surface area contributed by atoms with Gasteiger partial charge < -0.3 is 14.6 Å². The number of halogens is 2. The zero-order chi connectivity index (χ0) is 21.3. The van der Waals surface area contributed by atoms with Gasteiger partial charge in [-0.15, -0.1) is 0 Å². The zero-order valence-electron chi connectivity index (χ0n) is 16.6. The molecular formula is C18H28F2N2O6. The lowest BCUT2D eigenvalue weighted by molar-refractivity contribution is -0.214. The smallest absolute Gasteiger partial charge is 0.410 e. The van der Waals surface area contributed by atoms with Gasteiger partial charge in [0.05, 0.1) is 25.7 Å². The molecule has 0 aromatic carbocycles. The second kappa shape index (κ2) is 7.92. The van der Waals surface area contributed by atoms with E-state index in [4.69, 9.17) is 14.3 Å². The highest BCUT2D eigenvalue weighted by Gasteiger charge is 2.63. The van der Waals surface area contributed by atoms with E-state index in [1.54, 1.807) is 20.8 Å². The second-order valence-electron chi connectivity index (χ2n) is 8.02. The molecule has 0 bridgehead atoms. The largest absolute Gasteiger partial charge is 0.459 e. The van der Waals surface area contributed by atoms with E-state index in [1.165, 1.54) is 13.0 Å². The minimum Gasteiger partial charge on any atom is -0.459 e. The van der Waals surface area contributed by atoms with Gasteiger partial charge in [-0.05, 0) is 27.2 Å². The van der Waals surface area contributed by atoms with Crippen LogP contribution in [0.2, 0.25) is 0 Å². The average Bonchev–Trinajstić information content (AvgIpc) is 3.10. The SMILES string of the molecule is C=CCOC(=O)C(O)(CC)CN1OCC2C1C(F)(F)CN2C(=O)OC(C)(C)C. The van der Waals surface area contributed by atoms with Crippen molar-refractivity contribution in [2.24, 2.45) is 0 Å². The highest BCUT2D eigenvalue weighted by atomic mass is 19.3. The zero-order valence-corrected chi connectivity index (χ0v) is 16.6. The van der Waals surface area contributed by atoms with E-state index in [9.17, 15) is 23.5 Å².